The Kier molecular flexibility index (Phi) is 5.93. The predicted molar refractivity (Wildman–Crippen MR) is 118 cm³/mol. The molecule has 2 aromatic heterocycles. The first kappa shape index (κ1) is 20.2. The molecule has 1 N–H and O–H groups in total. The van der Waals surface area contributed by atoms with Gasteiger partial charge >= 0.3 is 0 Å². The highest BCUT2D eigenvalue weighted by atomic mass is 16.5. The molecule has 2 heterocycles. The molecule has 4 rings (SSSR count). The van der Waals surface area contributed by atoms with E-state index >= 15 is 0 Å². The van der Waals surface area contributed by atoms with E-state index in [0.29, 0.717) is 29.4 Å². The fourth-order valence-electron chi connectivity index (χ4n) is 3.22. The lowest BCUT2D eigenvalue weighted by Gasteiger charge is -2.09. The molecule has 0 aliphatic carbocycles. The molecule has 2 aromatic carbocycles. The fourth-order valence-corrected chi connectivity index (χ4v) is 3.22. The van der Waals surface area contributed by atoms with Crippen molar-refractivity contribution in [2.24, 2.45) is 0 Å². The molecule has 7 nitrogen and oxygen atoms in total. The summed E-state index contributed by atoms with van der Waals surface area (Å²) in [5.74, 6) is 1.06. The Morgan fingerprint density at radius 3 is 2.45 bits per heavy atom. The second-order valence-electron chi connectivity index (χ2n) is 6.77. The number of para-hydroxylation sites is 1. The van der Waals surface area contributed by atoms with Crippen LogP contribution < -0.4 is 14.8 Å². The number of hydrogen-bond donors (Lipinski definition) is 1. The molecule has 0 bridgehead atoms. The molecule has 156 valence electrons. The van der Waals surface area contributed by atoms with Crippen LogP contribution in [0.1, 0.15) is 16.1 Å². The van der Waals surface area contributed by atoms with Crippen molar-refractivity contribution in [2.75, 3.05) is 14.2 Å². The average Bonchev–Trinajstić information content (AvgIpc) is 3.28. The number of nitrogens with one attached hydrogen (secondary N) is 1. The molecule has 0 radical (unpaired) electrons. The van der Waals surface area contributed by atoms with Gasteiger partial charge in [-0.25, -0.2) is 4.68 Å². The van der Waals surface area contributed by atoms with E-state index in [0.717, 1.165) is 16.8 Å². The zero-order chi connectivity index (χ0) is 21.6. The average molecular weight is 414 g/mol. The van der Waals surface area contributed by atoms with E-state index in [4.69, 9.17) is 14.6 Å². The van der Waals surface area contributed by atoms with Gasteiger partial charge in [0.2, 0.25) is 0 Å². The van der Waals surface area contributed by atoms with E-state index in [-0.39, 0.29) is 5.91 Å². The number of carbonyl (C=O) groups excluding carboxylic acids is 1. The maximum Gasteiger partial charge on any atom is 0.270 e. The number of ether oxygens (including phenoxy) is 2. The maximum atomic E-state index is 13.1. The number of nitrogens with zero attached hydrogens (tertiary/aromatic N) is 3. The molecule has 4 aromatic rings. The summed E-state index contributed by atoms with van der Waals surface area (Å²) >= 11 is 0. The van der Waals surface area contributed by atoms with Gasteiger partial charge in [0.25, 0.3) is 5.91 Å². The first-order chi connectivity index (χ1) is 15.2. The summed E-state index contributed by atoms with van der Waals surface area (Å²) in [6.07, 6.45) is 3.40. The number of rotatable bonds is 7. The molecule has 7 heteroatoms. The molecule has 31 heavy (non-hydrogen) atoms. The Bertz CT molecular complexity index is 1170. The summed E-state index contributed by atoms with van der Waals surface area (Å²) in [7, 11) is 3.19. The fraction of sp³-hybridized carbons (Fsp3) is 0.125. The molecule has 0 aliphatic heterocycles. The second kappa shape index (κ2) is 9.13. The third kappa shape index (κ3) is 4.40. The van der Waals surface area contributed by atoms with Gasteiger partial charge in [-0.1, -0.05) is 18.2 Å². The topological polar surface area (TPSA) is 78.3 Å². The van der Waals surface area contributed by atoms with E-state index in [1.54, 1.807) is 43.4 Å². The number of hydrogen-bond acceptors (Lipinski definition) is 5. The van der Waals surface area contributed by atoms with Crippen molar-refractivity contribution in [3.8, 4) is 28.4 Å². The van der Waals surface area contributed by atoms with Crippen molar-refractivity contribution in [3.05, 3.63) is 90.4 Å². The number of pyridine rings is 1. The van der Waals surface area contributed by atoms with Crippen molar-refractivity contribution in [1.82, 2.24) is 20.1 Å². The van der Waals surface area contributed by atoms with E-state index in [2.05, 4.69) is 10.3 Å². The minimum Gasteiger partial charge on any atom is -0.497 e. The van der Waals surface area contributed by atoms with Gasteiger partial charge in [-0.05, 0) is 48.0 Å². The van der Waals surface area contributed by atoms with Crippen molar-refractivity contribution < 1.29 is 14.3 Å². The molecular weight excluding hydrogens is 392 g/mol. The van der Waals surface area contributed by atoms with Crippen LogP contribution in [-0.4, -0.2) is 34.9 Å². The van der Waals surface area contributed by atoms with Gasteiger partial charge in [0, 0.05) is 30.6 Å². The quantitative estimate of drug-likeness (QED) is 0.497. The van der Waals surface area contributed by atoms with E-state index in [1.165, 1.54) is 0 Å². The zero-order valence-electron chi connectivity index (χ0n) is 17.3. The maximum absolute atomic E-state index is 13.1. The Balaban J connectivity index is 1.72. The van der Waals surface area contributed by atoms with Crippen LogP contribution in [-0.2, 0) is 6.54 Å². The monoisotopic (exact) mass is 414 g/mol. The normalized spacial score (nSPS) is 10.5. The smallest absolute Gasteiger partial charge is 0.270 e. The number of aromatic nitrogens is 3. The van der Waals surface area contributed by atoms with Crippen molar-refractivity contribution in [2.45, 2.75) is 6.54 Å². The van der Waals surface area contributed by atoms with Gasteiger partial charge in [-0.2, -0.15) is 5.10 Å². The molecule has 0 fully saturated rings. The first-order valence-electron chi connectivity index (χ1n) is 9.74. The van der Waals surface area contributed by atoms with Crippen LogP contribution >= 0.6 is 0 Å². The zero-order valence-corrected chi connectivity index (χ0v) is 17.3. The third-order valence-corrected chi connectivity index (χ3v) is 4.83. The minimum absolute atomic E-state index is 0.230. The predicted octanol–water partition coefficient (Wildman–Crippen LogP) is 3.88. The van der Waals surface area contributed by atoms with Gasteiger partial charge in [0.1, 0.15) is 17.2 Å². The SMILES string of the molecule is COc1ccc(-c2cc(C(=O)NCc3ccncc3)n(-c3ccccc3)n2)c(OC)c1. The van der Waals surface area contributed by atoms with Gasteiger partial charge < -0.3 is 14.8 Å². The highest BCUT2D eigenvalue weighted by Gasteiger charge is 2.19. The summed E-state index contributed by atoms with van der Waals surface area (Å²) in [6, 6.07) is 20.5. The van der Waals surface area contributed by atoms with Crippen LogP contribution in [0.15, 0.2) is 79.1 Å². The Morgan fingerprint density at radius 2 is 1.74 bits per heavy atom. The molecule has 0 atom stereocenters. The second-order valence-corrected chi connectivity index (χ2v) is 6.77. The van der Waals surface area contributed by atoms with Gasteiger partial charge in [0.05, 0.1) is 25.6 Å². The van der Waals surface area contributed by atoms with Crippen molar-refractivity contribution in [3.63, 3.8) is 0 Å². The summed E-state index contributed by atoms with van der Waals surface area (Å²) in [4.78, 5) is 17.1. The van der Waals surface area contributed by atoms with E-state index in [1.807, 2.05) is 54.6 Å². The van der Waals surface area contributed by atoms with Crippen molar-refractivity contribution >= 4 is 5.91 Å². The summed E-state index contributed by atoms with van der Waals surface area (Å²) in [5.41, 5.74) is 3.56. The molecule has 0 unspecified atom stereocenters. The van der Waals surface area contributed by atoms with Crippen LogP contribution in [0, 0.1) is 0 Å². The number of benzene rings is 2. The van der Waals surface area contributed by atoms with Gasteiger partial charge in [-0.15, -0.1) is 0 Å². The number of carbonyl (C=O) groups is 1. The summed E-state index contributed by atoms with van der Waals surface area (Å²) < 4.78 is 12.5. The van der Waals surface area contributed by atoms with Crippen LogP contribution in [0.25, 0.3) is 16.9 Å². The third-order valence-electron chi connectivity index (χ3n) is 4.83. The largest absolute Gasteiger partial charge is 0.497 e. The molecule has 0 spiro atoms. The highest BCUT2D eigenvalue weighted by Crippen LogP contribution is 2.33. The van der Waals surface area contributed by atoms with Gasteiger partial charge in [0.15, 0.2) is 0 Å². The standard InChI is InChI=1S/C24H22N4O3/c1-30-19-8-9-20(23(14-19)31-2)21-15-22(28(27-21)18-6-4-3-5-7-18)24(29)26-16-17-10-12-25-13-11-17/h3-15H,16H2,1-2H3,(H,26,29). The van der Waals surface area contributed by atoms with Crippen LogP contribution in [0.3, 0.4) is 0 Å². The summed E-state index contributed by atoms with van der Waals surface area (Å²) in [6.45, 7) is 0.391. The number of methoxy groups -OCH3 is 2. The molecular formula is C24H22N4O3. The lowest BCUT2D eigenvalue weighted by Crippen LogP contribution is -2.25. The van der Waals surface area contributed by atoms with Crippen LogP contribution in [0.5, 0.6) is 11.5 Å². The Labute approximate surface area is 180 Å². The molecule has 0 saturated carbocycles. The molecule has 0 saturated heterocycles. The summed E-state index contributed by atoms with van der Waals surface area (Å²) in [5, 5.41) is 7.67. The van der Waals surface area contributed by atoms with Crippen LogP contribution in [0.4, 0.5) is 0 Å². The first-order valence-corrected chi connectivity index (χ1v) is 9.74. The number of amides is 1. The van der Waals surface area contributed by atoms with E-state index in [9.17, 15) is 4.79 Å². The Hall–Kier alpha value is -4.13. The minimum atomic E-state index is -0.230. The van der Waals surface area contributed by atoms with Crippen LogP contribution in [0.2, 0.25) is 0 Å². The van der Waals surface area contributed by atoms with Gasteiger partial charge in [-0.3, -0.25) is 9.78 Å². The van der Waals surface area contributed by atoms with Crippen molar-refractivity contribution in [1.29, 1.82) is 0 Å². The Morgan fingerprint density at radius 1 is 0.968 bits per heavy atom. The molecule has 1 amide bonds. The molecule has 0 aliphatic rings. The lowest BCUT2D eigenvalue weighted by molar-refractivity contribution is 0.0943. The lowest BCUT2D eigenvalue weighted by atomic mass is 10.1. The van der Waals surface area contributed by atoms with E-state index < -0.39 is 0 Å². The highest BCUT2D eigenvalue weighted by molar-refractivity contribution is 5.94.